The van der Waals surface area contributed by atoms with Crippen LogP contribution in [0.5, 0.6) is 0 Å². The summed E-state index contributed by atoms with van der Waals surface area (Å²) in [5.41, 5.74) is 0.300. The van der Waals surface area contributed by atoms with E-state index in [-0.39, 0.29) is 29.8 Å². The molecule has 172 valence electrons. The van der Waals surface area contributed by atoms with Crippen molar-refractivity contribution in [3.63, 3.8) is 0 Å². The van der Waals surface area contributed by atoms with Crippen LogP contribution in [-0.4, -0.2) is 59.2 Å². The predicted octanol–water partition coefficient (Wildman–Crippen LogP) is 2.96. The maximum Gasteiger partial charge on any atom is 0.225 e. The molecule has 4 bridgehead atoms. The van der Waals surface area contributed by atoms with Gasteiger partial charge in [-0.2, -0.15) is 0 Å². The van der Waals surface area contributed by atoms with Crippen LogP contribution in [0.15, 0.2) is 0 Å². The highest BCUT2D eigenvalue weighted by Gasteiger charge is 2.51. The lowest BCUT2D eigenvalue weighted by molar-refractivity contribution is -0.140. The summed E-state index contributed by atoms with van der Waals surface area (Å²) in [5, 5.41) is 3.17. The second-order valence-corrected chi connectivity index (χ2v) is 11.8. The number of nitrogens with one attached hydrogen (secondary N) is 1. The van der Waals surface area contributed by atoms with Gasteiger partial charge < -0.3 is 15.1 Å². The molecule has 6 nitrogen and oxygen atoms in total. The first-order valence-corrected chi connectivity index (χ1v) is 12.7. The molecule has 31 heavy (non-hydrogen) atoms. The molecule has 1 atom stereocenters. The van der Waals surface area contributed by atoms with Crippen LogP contribution in [0.4, 0.5) is 0 Å². The minimum atomic E-state index is -0.231. The van der Waals surface area contributed by atoms with Gasteiger partial charge in [-0.1, -0.05) is 0 Å². The Bertz CT molecular complexity index is 705. The molecule has 4 aliphatic carbocycles. The van der Waals surface area contributed by atoms with Gasteiger partial charge in [-0.05, 0) is 88.4 Å². The zero-order valence-corrected chi connectivity index (χ0v) is 19.3. The number of amides is 3. The zero-order valence-electron chi connectivity index (χ0n) is 19.3. The lowest BCUT2D eigenvalue weighted by atomic mass is 9.49. The molecule has 0 aromatic rings. The second kappa shape index (κ2) is 8.08. The highest BCUT2D eigenvalue weighted by Crippen LogP contribution is 2.61. The third-order valence-electron chi connectivity index (χ3n) is 9.04. The molecule has 2 heterocycles. The van der Waals surface area contributed by atoms with Gasteiger partial charge in [0.15, 0.2) is 0 Å². The van der Waals surface area contributed by atoms with Crippen LogP contribution in [0.3, 0.4) is 0 Å². The number of hydrogen-bond acceptors (Lipinski definition) is 3. The zero-order chi connectivity index (χ0) is 21.8. The summed E-state index contributed by atoms with van der Waals surface area (Å²) >= 11 is 0. The molecule has 2 saturated heterocycles. The molecule has 0 aromatic heterocycles. The molecular formula is C25H39N3O3. The van der Waals surface area contributed by atoms with E-state index in [9.17, 15) is 14.4 Å². The standard InChI is InChI=1S/C25H39N3O3/c1-16(2)28-15-20(10-22(28)29)24(31)26-21-3-5-27(6-4-21)23(30)14-25-11-17-7-18(12-25)9-19(8-17)13-25/h16-21H,3-15H2,1-2H3,(H,26,31). The molecule has 1 N–H and O–H groups in total. The van der Waals surface area contributed by atoms with Crippen LogP contribution in [0.25, 0.3) is 0 Å². The van der Waals surface area contributed by atoms with Crippen molar-refractivity contribution in [2.45, 2.75) is 90.1 Å². The molecule has 1 unspecified atom stereocenters. The summed E-state index contributed by atoms with van der Waals surface area (Å²) in [6, 6.07) is 0.271. The van der Waals surface area contributed by atoms with Crippen molar-refractivity contribution < 1.29 is 14.4 Å². The average molecular weight is 430 g/mol. The SMILES string of the molecule is CC(C)N1CC(C(=O)NC2CCN(C(=O)CC34CC5CC(CC(C5)C3)C4)CC2)CC1=O. The monoisotopic (exact) mass is 429 g/mol. The molecule has 0 radical (unpaired) electrons. The summed E-state index contributed by atoms with van der Waals surface area (Å²) in [4.78, 5) is 41.8. The number of carbonyl (C=O) groups is 3. The summed E-state index contributed by atoms with van der Waals surface area (Å²) in [6.07, 6.45) is 10.8. The van der Waals surface area contributed by atoms with Gasteiger partial charge >= 0.3 is 0 Å². The van der Waals surface area contributed by atoms with Crippen LogP contribution in [0.1, 0.15) is 78.1 Å². The van der Waals surface area contributed by atoms with Gasteiger partial charge in [-0.3, -0.25) is 14.4 Å². The van der Waals surface area contributed by atoms with Gasteiger partial charge in [0.2, 0.25) is 17.7 Å². The van der Waals surface area contributed by atoms with Crippen molar-refractivity contribution in [2.24, 2.45) is 29.1 Å². The highest BCUT2D eigenvalue weighted by atomic mass is 16.2. The van der Waals surface area contributed by atoms with E-state index in [2.05, 4.69) is 10.2 Å². The Hall–Kier alpha value is -1.59. The van der Waals surface area contributed by atoms with E-state index >= 15 is 0 Å². The number of hydrogen-bond donors (Lipinski definition) is 1. The first-order chi connectivity index (χ1) is 14.8. The Kier molecular flexibility index (Phi) is 5.54. The predicted molar refractivity (Wildman–Crippen MR) is 118 cm³/mol. The number of rotatable bonds is 5. The van der Waals surface area contributed by atoms with Gasteiger partial charge in [-0.15, -0.1) is 0 Å². The van der Waals surface area contributed by atoms with E-state index in [1.807, 2.05) is 13.8 Å². The van der Waals surface area contributed by atoms with Gasteiger partial charge in [0.25, 0.3) is 0 Å². The number of piperidine rings is 1. The van der Waals surface area contributed by atoms with Crippen molar-refractivity contribution >= 4 is 17.7 Å². The number of carbonyl (C=O) groups excluding carboxylic acids is 3. The fourth-order valence-electron chi connectivity index (χ4n) is 7.94. The van der Waals surface area contributed by atoms with Crippen LogP contribution >= 0.6 is 0 Å². The molecule has 4 saturated carbocycles. The van der Waals surface area contributed by atoms with E-state index in [1.165, 1.54) is 38.5 Å². The van der Waals surface area contributed by atoms with Crippen LogP contribution in [-0.2, 0) is 14.4 Å². The first-order valence-electron chi connectivity index (χ1n) is 12.7. The summed E-state index contributed by atoms with van der Waals surface area (Å²) < 4.78 is 0. The van der Waals surface area contributed by atoms with E-state index in [0.717, 1.165) is 50.1 Å². The summed E-state index contributed by atoms with van der Waals surface area (Å²) in [6.45, 7) is 6.02. The molecule has 6 aliphatic rings. The molecule has 6 fully saturated rings. The Balaban J connectivity index is 1.09. The first kappa shape index (κ1) is 21.3. The van der Waals surface area contributed by atoms with E-state index < -0.39 is 0 Å². The van der Waals surface area contributed by atoms with Gasteiger partial charge in [0.1, 0.15) is 0 Å². The van der Waals surface area contributed by atoms with E-state index in [4.69, 9.17) is 0 Å². The van der Waals surface area contributed by atoms with Crippen molar-refractivity contribution in [1.29, 1.82) is 0 Å². The normalized spacial score (nSPS) is 37.7. The van der Waals surface area contributed by atoms with Gasteiger partial charge in [0, 0.05) is 44.6 Å². The molecule has 6 rings (SSSR count). The van der Waals surface area contributed by atoms with Crippen LogP contribution in [0.2, 0.25) is 0 Å². The quantitative estimate of drug-likeness (QED) is 0.730. The van der Waals surface area contributed by atoms with E-state index in [0.29, 0.717) is 24.3 Å². The molecular weight excluding hydrogens is 390 g/mol. The number of likely N-dealkylation sites (tertiary alicyclic amines) is 2. The Morgan fingerprint density at radius 1 is 1.03 bits per heavy atom. The van der Waals surface area contributed by atoms with Crippen LogP contribution < -0.4 is 5.32 Å². The Labute approximate surface area is 186 Å². The minimum Gasteiger partial charge on any atom is -0.353 e. The smallest absolute Gasteiger partial charge is 0.225 e. The number of nitrogens with zero attached hydrogens (tertiary/aromatic N) is 2. The third kappa shape index (κ3) is 4.23. The molecule has 3 amide bonds. The fourth-order valence-corrected chi connectivity index (χ4v) is 7.94. The average Bonchev–Trinajstić information content (AvgIpc) is 3.09. The highest BCUT2D eigenvalue weighted by molar-refractivity contribution is 5.89. The maximum atomic E-state index is 13.2. The lowest BCUT2D eigenvalue weighted by Gasteiger charge is -2.57. The largest absolute Gasteiger partial charge is 0.353 e. The summed E-state index contributed by atoms with van der Waals surface area (Å²) in [7, 11) is 0. The Morgan fingerprint density at radius 2 is 1.61 bits per heavy atom. The van der Waals surface area contributed by atoms with Gasteiger partial charge in [0.05, 0.1) is 5.92 Å². The topological polar surface area (TPSA) is 69.7 Å². The van der Waals surface area contributed by atoms with Crippen molar-refractivity contribution in [3.8, 4) is 0 Å². The Morgan fingerprint density at radius 3 is 2.13 bits per heavy atom. The minimum absolute atomic E-state index is 0.00911. The van der Waals surface area contributed by atoms with Gasteiger partial charge in [-0.25, -0.2) is 0 Å². The lowest BCUT2D eigenvalue weighted by Crippen LogP contribution is -2.51. The molecule has 6 heteroatoms. The van der Waals surface area contributed by atoms with E-state index in [1.54, 1.807) is 4.90 Å². The second-order valence-electron chi connectivity index (χ2n) is 11.8. The summed E-state index contributed by atoms with van der Waals surface area (Å²) in [5.74, 6) is 2.86. The van der Waals surface area contributed by atoms with Crippen molar-refractivity contribution in [1.82, 2.24) is 15.1 Å². The van der Waals surface area contributed by atoms with Crippen molar-refractivity contribution in [3.05, 3.63) is 0 Å². The van der Waals surface area contributed by atoms with Crippen LogP contribution in [0, 0.1) is 29.1 Å². The molecule has 0 spiro atoms. The van der Waals surface area contributed by atoms with Crippen molar-refractivity contribution in [2.75, 3.05) is 19.6 Å². The maximum absolute atomic E-state index is 13.2. The fraction of sp³-hybridized carbons (Fsp3) is 0.880. The molecule has 0 aromatic carbocycles. The molecule has 2 aliphatic heterocycles. The third-order valence-corrected chi connectivity index (χ3v) is 9.04.